The third kappa shape index (κ3) is 1.93. The molecule has 2 nitrogen and oxygen atoms in total. The number of para-hydroxylation sites is 1. The van der Waals surface area contributed by atoms with Gasteiger partial charge in [0.2, 0.25) is 0 Å². The van der Waals surface area contributed by atoms with E-state index in [1.165, 1.54) is 0 Å². The number of rotatable bonds is 1. The quantitative estimate of drug-likeness (QED) is 0.368. The predicted molar refractivity (Wildman–Crippen MR) is 94.7 cm³/mol. The van der Waals surface area contributed by atoms with Gasteiger partial charge in [0.1, 0.15) is 0 Å². The molecule has 0 aliphatic heterocycles. The lowest BCUT2D eigenvalue weighted by atomic mass is 10.1. The topological polar surface area (TPSA) is 9.29 Å². The molecule has 104 valence electrons. The number of aromatic nitrogens is 1. The van der Waals surface area contributed by atoms with Crippen LogP contribution in [-0.4, -0.2) is 4.57 Å². The third-order valence-corrected chi connectivity index (χ3v) is 4.35. The fourth-order valence-corrected chi connectivity index (χ4v) is 3.27. The minimum absolute atomic E-state index is 0.666. The average Bonchev–Trinajstić information content (AvgIpc) is 2.88. The third-order valence-electron chi connectivity index (χ3n) is 3.85. The van der Waals surface area contributed by atoms with Crippen LogP contribution in [0.3, 0.4) is 0 Å². The van der Waals surface area contributed by atoms with Gasteiger partial charge in [-0.05, 0) is 47.9 Å². The summed E-state index contributed by atoms with van der Waals surface area (Å²) in [4.78, 5) is 3.56. The second-order valence-electron chi connectivity index (χ2n) is 5.15. The van der Waals surface area contributed by atoms with Crippen molar-refractivity contribution in [1.29, 1.82) is 0 Å². The van der Waals surface area contributed by atoms with Gasteiger partial charge in [0.05, 0.1) is 17.6 Å². The molecule has 0 bridgehead atoms. The molecule has 3 heteroatoms. The molecule has 0 saturated carbocycles. The molecule has 0 amide bonds. The second-order valence-corrected chi connectivity index (χ2v) is 6.06. The maximum Gasteiger partial charge on any atom is 0.188 e. The van der Waals surface area contributed by atoms with E-state index in [9.17, 15) is 0 Å². The summed E-state index contributed by atoms with van der Waals surface area (Å²) in [5.74, 6) is 0. The fraction of sp³-hybridized carbons (Fsp3) is 0. The first-order valence-corrected chi connectivity index (χ1v) is 7.74. The number of hydrogen-bond donors (Lipinski definition) is 0. The Kier molecular flexibility index (Phi) is 2.99. The SMILES string of the molecule is [C-]#[N+]c1ccc2c(c1)c1cc(Br)ccc1n2-c1ccccc1. The van der Waals surface area contributed by atoms with Crippen molar-refractivity contribution >= 4 is 43.4 Å². The average molecular weight is 347 g/mol. The largest absolute Gasteiger partial charge is 0.309 e. The van der Waals surface area contributed by atoms with Gasteiger partial charge in [0.15, 0.2) is 5.69 Å². The van der Waals surface area contributed by atoms with Crippen LogP contribution < -0.4 is 0 Å². The maximum atomic E-state index is 7.25. The zero-order valence-electron chi connectivity index (χ0n) is 11.6. The molecular formula is C19H11BrN2. The van der Waals surface area contributed by atoms with Crippen LogP contribution in [0.1, 0.15) is 0 Å². The number of hydrogen-bond acceptors (Lipinski definition) is 0. The molecule has 0 spiro atoms. The predicted octanol–water partition coefficient (Wildman–Crippen LogP) is 6.10. The highest BCUT2D eigenvalue weighted by Crippen LogP contribution is 2.35. The Morgan fingerprint density at radius 3 is 2.23 bits per heavy atom. The zero-order valence-corrected chi connectivity index (χ0v) is 13.2. The minimum atomic E-state index is 0.666. The molecule has 1 aromatic heterocycles. The summed E-state index contributed by atoms with van der Waals surface area (Å²) in [6, 6.07) is 22.5. The van der Waals surface area contributed by atoms with Crippen LogP contribution in [0.4, 0.5) is 5.69 Å². The van der Waals surface area contributed by atoms with Crippen LogP contribution in [0.2, 0.25) is 0 Å². The fourth-order valence-electron chi connectivity index (χ4n) is 2.91. The van der Waals surface area contributed by atoms with Crippen molar-refractivity contribution in [3.8, 4) is 5.69 Å². The molecule has 0 aliphatic carbocycles. The van der Waals surface area contributed by atoms with E-state index in [-0.39, 0.29) is 0 Å². The van der Waals surface area contributed by atoms with Gasteiger partial charge < -0.3 is 4.57 Å². The van der Waals surface area contributed by atoms with Crippen LogP contribution in [-0.2, 0) is 0 Å². The van der Waals surface area contributed by atoms with Crippen LogP contribution in [0.25, 0.3) is 32.3 Å². The summed E-state index contributed by atoms with van der Waals surface area (Å²) in [5.41, 5.74) is 4.05. The normalized spacial score (nSPS) is 10.9. The van der Waals surface area contributed by atoms with E-state index in [4.69, 9.17) is 6.57 Å². The number of benzene rings is 3. The summed E-state index contributed by atoms with van der Waals surface area (Å²) < 4.78 is 3.28. The van der Waals surface area contributed by atoms with Crippen LogP contribution in [0.5, 0.6) is 0 Å². The van der Waals surface area contributed by atoms with Crippen molar-refractivity contribution in [3.63, 3.8) is 0 Å². The monoisotopic (exact) mass is 346 g/mol. The Balaban J connectivity index is 2.21. The van der Waals surface area contributed by atoms with Gasteiger partial charge in [-0.1, -0.05) is 40.2 Å². The first kappa shape index (κ1) is 13.1. The second kappa shape index (κ2) is 5.01. The molecule has 1 heterocycles. The van der Waals surface area contributed by atoms with Gasteiger partial charge in [-0.25, -0.2) is 4.85 Å². The van der Waals surface area contributed by atoms with Crippen LogP contribution >= 0.6 is 15.9 Å². The smallest absolute Gasteiger partial charge is 0.188 e. The highest BCUT2D eigenvalue weighted by atomic mass is 79.9. The summed E-state index contributed by atoms with van der Waals surface area (Å²) in [5, 5.41) is 2.26. The van der Waals surface area contributed by atoms with E-state index >= 15 is 0 Å². The van der Waals surface area contributed by atoms with Gasteiger partial charge in [-0.3, -0.25) is 0 Å². The van der Waals surface area contributed by atoms with Gasteiger partial charge in [0, 0.05) is 15.5 Å². The van der Waals surface area contributed by atoms with E-state index < -0.39 is 0 Å². The van der Waals surface area contributed by atoms with Crippen molar-refractivity contribution in [2.24, 2.45) is 0 Å². The van der Waals surface area contributed by atoms with Gasteiger partial charge in [0.25, 0.3) is 0 Å². The lowest BCUT2D eigenvalue weighted by Gasteiger charge is -2.07. The minimum Gasteiger partial charge on any atom is -0.309 e. The van der Waals surface area contributed by atoms with E-state index in [2.05, 4.69) is 55.7 Å². The summed E-state index contributed by atoms with van der Waals surface area (Å²) in [7, 11) is 0. The Bertz CT molecular complexity index is 1040. The molecule has 0 N–H and O–H groups in total. The van der Waals surface area contributed by atoms with Crippen molar-refractivity contribution in [3.05, 3.63) is 82.6 Å². The molecule has 4 aromatic rings. The van der Waals surface area contributed by atoms with Crippen molar-refractivity contribution in [2.75, 3.05) is 0 Å². The Hall–Kier alpha value is -2.57. The Labute approximate surface area is 136 Å². The molecule has 0 unspecified atom stereocenters. The van der Waals surface area contributed by atoms with Crippen molar-refractivity contribution in [2.45, 2.75) is 0 Å². The molecule has 0 aliphatic rings. The van der Waals surface area contributed by atoms with Gasteiger partial charge in [-0.2, -0.15) is 0 Å². The molecule has 3 aromatic carbocycles. The molecular weight excluding hydrogens is 336 g/mol. The van der Waals surface area contributed by atoms with E-state index in [0.717, 1.165) is 32.0 Å². The first-order valence-electron chi connectivity index (χ1n) is 6.94. The number of nitrogens with zero attached hydrogens (tertiary/aromatic N) is 2. The molecule has 22 heavy (non-hydrogen) atoms. The number of fused-ring (bicyclic) bond motifs is 3. The lowest BCUT2D eigenvalue weighted by molar-refractivity contribution is 1.18. The maximum absolute atomic E-state index is 7.25. The summed E-state index contributed by atoms with van der Waals surface area (Å²) in [6.45, 7) is 7.25. The van der Waals surface area contributed by atoms with Crippen molar-refractivity contribution in [1.82, 2.24) is 4.57 Å². The molecule has 0 atom stereocenters. The molecule has 4 rings (SSSR count). The van der Waals surface area contributed by atoms with Crippen molar-refractivity contribution < 1.29 is 0 Å². The van der Waals surface area contributed by atoms with Crippen LogP contribution in [0.15, 0.2) is 71.2 Å². The van der Waals surface area contributed by atoms with Gasteiger partial charge in [-0.15, -0.1) is 0 Å². The van der Waals surface area contributed by atoms with E-state index in [1.54, 1.807) is 0 Å². The van der Waals surface area contributed by atoms with Crippen LogP contribution in [0, 0.1) is 6.57 Å². The number of halogens is 1. The Morgan fingerprint density at radius 1 is 0.818 bits per heavy atom. The first-order chi connectivity index (χ1) is 10.8. The molecule has 0 fully saturated rings. The van der Waals surface area contributed by atoms with Gasteiger partial charge >= 0.3 is 0 Å². The van der Waals surface area contributed by atoms with E-state index in [1.807, 2.05) is 36.4 Å². The lowest BCUT2D eigenvalue weighted by Crippen LogP contribution is -1.92. The Morgan fingerprint density at radius 2 is 1.50 bits per heavy atom. The highest BCUT2D eigenvalue weighted by molar-refractivity contribution is 9.10. The van der Waals surface area contributed by atoms with E-state index in [0.29, 0.717) is 5.69 Å². The molecule has 0 radical (unpaired) electrons. The summed E-state index contributed by atoms with van der Waals surface area (Å²) in [6.07, 6.45) is 0. The zero-order chi connectivity index (χ0) is 15.1. The highest BCUT2D eigenvalue weighted by Gasteiger charge is 2.12. The molecule has 0 saturated heterocycles. The summed E-state index contributed by atoms with van der Waals surface area (Å²) >= 11 is 3.55. The standard InChI is InChI=1S/C19H11BrN2/c1-21-14-8-10-19-17(12-14)16-11-13(20)7-9-18(16)22(19)15-5-3-2-4-6-15/h2-12H.